The molecule has 1 saturated heterocycles. The van der Waals surface area contributed by atoms with Gasteiger partial charge in [0, 0.05) is 18.1 Å². The number of rotatable bonds is 2. The van der Waals surface area contributed by atoms with E-state index in [1.807, 2.05) is 18.2 Å². The van der Waals surface area contributed by atoms with Gasteiger partial charge in [0.05, 0.1) is 30.3 Å². The summed E-state index contributed by atoms with van der Waals surface area (Å²) < 4.78 is 0. The number of halogens is 1. The topological polar surface area (TPSA) is 98.4 Å². The van der Waals surface area contributed by atoms with Crippen molar-refractivity contribution in [2.75, 3.05) is 25.0 Å². The van der Waals surface area contributed by atoms with E-state index < -0.39 is 6.04 Å². The summed E-state index contributed by atoms with van der Waals surface area (Å²) >= 11 is 5.98. The van der Waals surface area contributed by atoms with Gasteiger partial charge in [-0.05, 0) is 35.4 Å². The maximum absolute atomic E-state index is 13.4. The molecular formula is C22H18ClN5O3. The lowest BCUT2D eigenvalue weighted by Crippen LogP contribution is -2.59. The van der Waals surface area contributed by atoms with Gasteiger partial charge in [0.2, 0.25) is 5.91 Å². The van der Waals surface area contributed by atoms with Gasteiger partial charge in [0.25, 0.3) is 11.8 Å². The van der Waals surface area contributed by atoms with Crippen molar-refractivity contribution in [2.45, 2.75) is 6.04 Å². The highest BCUT2D eigenvalue weighted by atomic mass is 35.5. The molecule has 9 heteroatoms. The number of imidazole rings is 1. The van der Waals surface area contributed by atoms with Crippen LogP contribution in [0.3, 0.4) is 0 Å². The van der Waals surface area contributed by atoms with E-state index in [9.17, 15) is 14.4 Å². The van der Waals surface area contributed by atoms with Crippen molar-refractivity contribution >= 4 is 35.0 Å². The first kappa shape index (κ1) is 19.3. The fraction of sp³-hybridized carbons (Fsp3) is 0.182. The van der Waals surface area contributed by atoms with Gasteiger partial charge in [-0.25, -0.2) is 4.98 Å². The molecule has 1 unspecified atom stereocenters. The fourth-order valence-corrected chi connectivity index (χ4v) is 4.13. The minimum atomic E-state index is -0.764. The number of hydrogen-bond donors (Lipinski definition) is 2. The van der Waals surface area contributed by atoms with E-state index in [1.54, 1.807) is 34.1 Å². The highest BCUT2D eigenvalue weighted by Gasteiger charge is 2.40. The Morgan fingerprint density at radius 2 is 1.84 bits per heavy atom. The Hall–Kier alpha value is -3.65. The number of piperazine rings is 1. The SMILES string of the molecule is O=C1Nc2ccc(-c3ccc(Cl)cc3)cc2C(=O)N2CCN(C(=O)c3cnc[nH]3)CC12. The Morgan fingerprint density at radius 3 is 2.58 bits per heavy atom. The highest BCUT2D eigenvalue weighted by Crippen LogP contribution is 2.30. The number of aromatic nitrogens is 2. The van der Waals surface area contributed by atoms with Crippen LogP contribution in [-0.2, 0) is 4.79 Å². The van der Waals surface area contributed by atoms with Gasteiger partial charge in [-0.1, -0.05) is 29.8 Å². The van der Waals surface area contributed by atoms with Gasteiger partial charge in [-0.2, -0.15) is 0 Å². The zero-order valence-electron chi connectivity index (χ0n) is 16.3. The second-order valence-corrected chi connectivity index (χ2v) is 7.92. The van der Waals surface area contributed by atoms with E-state index >= 15 is 0 Å². The molecule has 3 aromatic rings. The first-order valence-electron chi connectivity index (χ1n) is 9.81. The number of hydrogen-bond acceptors (Lipinski definition) is 4. The molecule has 0 saturated carbocycles. The first-order chi connectivity index (χ1) is 15.0. The molecule has 0 spiro atoms. The second-order valence-electron chi connectivity index (χ2n) is 7.49. The predicted octanol–water partition coefficient (Wildman–Crippen LogP) is 2.65. The largest absolute Gasteiger partial charge is 0.341 e. The summed E-state index contributed by atoms with van der Waals surface area (Å²) in [6.45, 7) is 0.717. The minimum Gasteiger partial charge on any atom is -0.341 e. The number of carbonyl (C=O) groups is 3. The van der Waals surface area contributed by atoms with Crippen molar-refractivity contribution < 1.29 is 14.4 Å². The Labute approximate surface area is 182 Å². The van der Waals surface area contributed by atoms with Crippen molar-refractivity contribution in [1.82, 2.24) is 19.8 Å². The predicted molar refractivity (Wildman–Crippen MR) is 115 cm³/mol. The highest BCUT2D eigenvalue weighted by molar-refractivity contribution is 6.30. The molecule has 0 aliphatic carbocycles. The molecule has 3 heterocycles. The van der Waals surface area contributed by atoms with Crippen LogP contribution in [0, 0.1) is 0 Å². The zero-order chi connectivity index (χ0) is 21.5. The molecule has 0 radical (unpaired) electrons. The average molecular weight is 436 g/mol. The van der Waals surface area contributed by atoms with E-state index in [2.05, 4.69) is 15.3 Å². The molecule has 0 bridgehead atoms. The van der Waals surface area contributed by atoms with Crippen LogP contribution in [0.15, 0.2) is 55.0 Å². The van der Waals surface area contributed by atoms with Crippen LogP contribution in [-0.4, -0.2) is 63.2 Å². The smallest absolute Gasteiger partial charge is 0.272 e. The minimum absolute atomic E-state index is 0.119. The number of aromatic amines is 1. The van der Waals surface area contributed by atoms with Crippen molar-refractivity contribution in [3.05, 3.63) is 71.3 Å². The normalized spacial score (nSPS) is 18.2. The van der Waals surface area contributed by atoms with Crippen molar-refractivity contribution in [3.63, 3.8) is 0 Å². The Kier molecular flexibility index (Phi) is 4.71. The van der Waals surface area contributed by atoms with E-state index in [4.69, 9.17) is 11.6 Å². The molecule has 31 heavy (non-hydrogen) atoms. The third-order valence-corrected chi connectivity index (χ3v) is 5.90. The number of carbonyl (C=O) groups excluding carboxylic acids is 3. The first-order valence-corrected chi connectivity index (χ1v) is 10.2. The van der Waals surface area contributed by atoms with Gasteiger partial charge in [-0.3, -0.25) is 14.4 Å². The lowest BCUT2D eigenvalue weighted by molar-refractivity contribution is -0.121. The maximum atomic E-state index is 13.4. The standard InChI is InChI=1S/C22H18ClN5O3/c23-15-4-1-13(2-5-15)14-3-6-17-16(9-14)21(30)28-8-7-27(11-19(28)20(29)26-17)22(31)18-10-24-12-25-18/h1-6,9-10,12,19H,7-8,11H2,(H,24,25)(H,26,29). The number of nitrogens with one attached hydrogen (secondary N) is 2. The Balaban J connectivity index is 1.44. The monoisotopic (exact) mass is 435 g/mol. The summed E-state index contributed by atoms with van der Waals surface area (Å²) in [5.74, 6) is -0.791. The van der Waals surface area contributed by atoms with Gasteiger partial charge >= 0.3 is 0 Å². The summed E-state index contributed by atoms with van der Waals surface area (Å²) in [6, 6.07) is 12.0. The molecule has 1 atom stereocenters. The third-order valence-electron chi connectivity index (χ3n) is 5.65. The molecule has 1 fully saturated rings. The number of nitrogens with zero attached hydrogens (tertiary/aromatic N) is 3. The van der Waals surface area contributed by atoms with Crippen molar-refractivity contribution in [3.8, 4) is 11.1 Å². The number of fused-ring (bicyclic) bond motifs is 2. The van der Waals surface area contributed by atoms with Crippen molar-refractivity contribution in [2.24, 2.45) is 0 Å². The lowest BCUT2D eigenvalue weighted by atomic mass is 10.0. The van der Waals surface area contributed by atoms with Crippen LogP contribution >= 0.6 is 11.6 Å². The summed E-state index contributed by atoms with van der Waals surface area (Å²) in [5, 5.41) is 3.49. The molecule has 2 aromatic carbocycles. The Bertz CT molecular complexity index is 1180. The fourth-order valence-electron chi connectivity index (χ4n) is 4.00. The van der Waals surface area contributed by atoms with E-state index in [0.717, 1.165) is 11.1 Å². The van der Waals surface area contributed by atoms with Gasteiger partial charge in [0.1, 0.15) is 11.7 Å². The van der Waals surface area contributed by atoms with E-state index in [-0.39, 0.29) is 30.8 Å². The van der Waals surface area contributed by atoms with Gasteiger partial charge < -0.3 is 20.1 Å². The van der Waals surface area contributed by atoms with Crippen LogP contribution in [0.4, 0.5) is 5.69 Å². The quantitative estimate of drug-likeness (QED) is 0.646. The molecule has 1 aromatic heterocycles. The number of amides is 3. The molecule has 2 N–H and O–H groups in total. The van der Waals surface area contributed by atoms with Crippen LogP contribution in [0.5, 0.6) is 0 Å². The third kappa shape index (κ3) is 3.44. The van der Waals surface area contributed by atoms with Gasteiger partial charge in [0.15, 0.2) is 0 Å². The van der Waals surface area contributed by atoms with Crippen molar-refractivity contribution in [1.29, 1.82) is 0 Å². The molecule has 8 nitrogen and oxygen atoms in total. The van der Waals surface area contributed by atoms with Gasteiger partial charge in [-0.15, -0.1) is 0 Å². The van der Waals surface area contributed by atoms with Crippen LogP contribution in [0.1, 0.15) is 20.8 Å². The molecule has 2 aliphatic rings. The summed E-state index contributed by atoms with van der Waals surface area (Å²) in [5.41, 5.74) is 3.02. The van der Waals surface area contributed by atoms with Crippen LogP contribution < -0.4 is 5.32 Å². The number of benzene rings is 2. The number of anilines is 1. The Morgan fingerprint density at radius 1 is 1.06 bits per heavy atom. The molecule has 3 amide bonds. The second kappa shape index (κ2) is 7.55. The summed E-state index contributed by atoms with van der Waals surface area (Å²) in [4.78, 5) is 48.7. The lowest BCUT2D eigenvalue weighted by Gasteiger charge is -2.39. The summed E-state index contributed by atoms with van der Waals surface area (Å²) in [7, 11) is 0. The van der Waals surface area contributed by atoms with E-state index in [0.29, 0.717) is 28.5 Å². The van der Waals surface area contributed by atoms with E-state index in [1.165, 1.54) is 12.5 Å². The zero-order valence-corrected chi connectivity index (χ0v) is 17.1. The number of H-pyrrole nitrogens is 1. The van der Waals surface area contributed by atoms with Crippen LogP contribution in [0.2, 0.25) is 5.02 Å². The molecule has 5 rings (SSSR count). The molecule has 156 valence electrons. The molecular weight excluding hydrogens is 418 g/mol. The maximum Gasteiger partial charge on any atom is 0.272 e. The molecule has 2 aliphatic heterocycles. The average Bonchev–Trinajstić information content (AvgIpc) is 3.30. The van der Waals surface area contributed by atoms with Crippen LogP contribution in [0.25, 0.3) is 11.1 Å². The summed E-state index contributed by atoms with van der Waals surface area (Å²) in [6.07, 6.45) is 2.88.